The summed E-state index contributed by atoms with van der Waals surface area (Å²) in [6.07, 6.45) is 4.85. The Morgan fingerprint density at radius 3 is 2.92 bits per heavy atom. The van der Waals surface area contributed by atoms with Gasteiger partial charge in [-0.1, -0.05) is 19.1 Å². The molecule has 4 nitrogen and oxygen atoms in total. The molecule has 74 valence electrons. The molecule has 5 heteroatoms. The second-order valence-corrected chi connectivity index (χ2v) is 4.18. The number of allylic oxidation sites excluding steroid dienone is 2. The standard InChI is InChI=1S/C8H14N2O2S/c1-6-3-4-8(13-10(2)12)7(5-6)9-11/h4-6,9,11-12H,3H2,1-2H3. The Bertz CT molecular complexity index is 238. The van der Waals surface area contributed by atoms with Crippen LogP contribution in [0.2, 0.25) is 0 Å². The van der Waals surface area contributed by atoms with Gasteiger partial charge in [0.1, 0.15) is 0 Å². The summed E-state index contributed by atoms with van der Waals surface area (Å²) in [6, 6.07) is 0. The van der Waals surface area contributed by atoms with Crippen LogP contribution in [0, 0.1) is 5.92 Å². The van der Waals surface area contributed by atoms with Crippen molar-refractivity contribution in [2.24, 2.45) is 5.92 Å². The van der Waals surface area contributed by atoms with Gasteiger partial charge in [-0.25, -0.2) is 0 Å². The Balaban J connectivity index is 2.68. The minimum absolute atomic E-state index is 0.419. The first-order valence-corrected chi connectivity index (χ1v) is 4.84. The molecule has 1 atom stereocenters. The fourth-order valence-electron chi connectivity index (χ4n) is 1.16. The Morgan fingerprint density at radius 1 is 1.69 bits per heavy atom. The van der Waals surface area contributed by atoms with E-state index in [4.69, 9.17) is 10.4 Å². The Labute approximate surface area is 82.0 Å². The first kappa shape index (κ1) is 10.6. The summed E-state index contributed by atoms with van der Waals surface area (Å²) in [4.78, 5) is 0.839. The largest absolute Gasteiger partial charge is 0.303 e. The summed E-state index contributed by atoms with van der Waals surface area (Å²) >= 11 is 1.17. The fraction of sp³-hybridized carbons (Fsp3) is 0.500. The highest BCUT2D eigenvalue weighted by molar-refractivity contribution is 8.00. The smallest absolute Gasteiger partial charge is 0.0711 e. The minimum Gasteiger partial charge on any atom is -0.303 e. The lowest BCUT2D eigenvalue weighted by molar-refractivity contribution is 0.0461. The van der Waals surface area contributed by atoms with E-state index in [1.165, 1.54) is 11.9 Å². The Morgan fingerprint density at radius 2 is 2.38 bits per heavy atom. The van der Waals surface area contributed by atoms with Crippen molar-refractivity contribution in [3.8, 4) is 0 Å². The van der Waals surface area contributed by atoms with E-state index in [0.29, 0.717) is 11.6 Å². The van der Waals surface area contributed by atoms with Gasteiger partial charge in [0, 0.05) is 12.0 Å². The van der Waals surface area contributed by atoms with Gasteiger partial charge in [-0.05, 0) is 24.3 Å². The second-order valence-electron chi connectivity index (χ2n) is 3.03. The van der Waals surface area contributed by atoms with Crippen molar-refractivity contribution < 1.29 is 10.4 Å². The van der Waals surface area contributed by atoms with Crippen LogP contribution in [0.1, 0.15) is 13.3 Å². The minimum atomic E-state index is 0.419. The third-order valence-electron chi connectivity index (χ3n) is 1.74. The quantitative estimate of drug-likeness (QED) is 0.481. The molecule has 0 aromatic rings. The molecule has 13 heavy (non-hydrogen) atoms. The van der Waals surface area contributed by atoms with Crippen LogP contribution in [0.4, 0.5) is 0 Å². The van der Waals surface area contributed by atoms with Gasteiger partial charge < -0.3 is 5.21 Å². The van der Waals surface area contributed by atoms with Crippen LogP contribution in [0.5, 0.6) is 0 Å². The van der Waals surface area contributed by atoms with Crippen LogP contribution in [-0.2, 0) is 0 Å². The third kappa shape index (κ3) is 3.04. The topological polar surface area (TPSA) is 55.7 Å². The van der Waals surface area contributed by atoms with Crippen molar-refractivity contribution in [3.05, 3.63) is 22.8 Å². The van der Waals surface area contributed by atoms with Crippen molar-refractivity contribution in [1.29, 1.82) is 0 Å². The zero-order valence-electron chi connectivity index (χ0n) is 7.69. The lowest BCUT2D eigenvalue weighted by atomic mass is 10.0. The molecule has 0 fully saturated rings. The molecule has 0 heterocycles. The highest BCUT2D eigenvalue weighted by atomic mass is 32.2. The molecule has 0 spiro atoms. The average Bonchev–Trinajstić information content (AvgIpc) is 2.07. The highest BCUT2D eigenvalue weighted by Crippen LogP contribution is 2.29. The van der Waals surface area contributed by atoms with Gasteiger partial charge in [0.15, 0.2) is 0 Å². The van der Waals surface area contributed by atoms with E-state index in [2.05, 4.69) is 12.4 Å². The van der Waals surface area contributed by atoms with Crippen molar-refractivity contribution in [1.82, 2.24) is 9.95 Å². The van der Waals surface area contributed by atoms with Crippen LogP contribution in [0.25, 0.3) is 0 Å². The number of hydrogen-bond donors (Lipinski definition) is 3. The molecular formula is C8H14N2O2S. The maximum Gasteiger partial charge on any atom is 0.0711 e. The molecule has 1 unspecified atom stereocenters. The van der Waals surface area contributed by atoms with Crippen molar-refractivity contribution in [3.63, 3.8) is 0 Å². The summed E-state index contributed by atoms with van der Waals surface area (Å²) in [7, 11) is 1.54. The molecule has 1 rings (SSSR count). The van der Waals surface area contributed by atoms with Gasteiger partial charge in [-0.15, -0.1) is 4.47 Å². The van der Waals surface area contributed by atoms with Gasteiger partial charge >= 0.3 is 0 Å². The van der Waals surface area contributed by atoms with E-state index in [1.807, 2.05) is 12.2 Å². The zero-order chi connectivity index (χ0) is 9.84. The maximum absolute atomic E-state index is 9.00. The van der Waals surface area contributed by atoms with E-state index in [1.54, 1.807) is 7.05 Å². The Hall–Kier alpha value is -0.490. The zero-order valence-corrected chi connectivity index (χ0v) is 8.51. The number of hydrogen-bond acceptors (Lipinski definition) is 5. The maximum atomic E-state index is 9.00. The molecule has 0 saturated carbocycles. The molecule has 0 aliphatic heterocycles. The second kappa shape index (κ2) is 4.66. The first-order valence-electron chi connectivity index (χ1n) is 4.06. The number of nitrogens with zero attached hydrogens (tertiary/aromatic N) is 1. The molecular weight excluding hydrogens is 188 g/mol. The molecule has 0 amide bonds. The van der Waals surface area contributed by atoms with Crippen LogP contribution < -0.4 is 5.48 Å². The number of nitrogens with one attached hydrogen (secondary N) is 1. The molecule has 0 saturated heterocycles. The highest BCUT2D eigenvalue weighted by Gasteiger charge is 2.14. The normalized spacial score (nSPS) is 22.7. The van der Waals surface area contributed by atoms with Crippen LogP contribution >= 0.6 is 11.9 Å². The predicted octanol–water partition coefficient (Wildman–Crippen LogP) is 1.74. The van der Waals surface area contributed by atoms with Gasteiger partial charge in [-0.3, -0.25) is 10.7 Å². The van der Waals surface area contributed by atoms with Crippen molar-refractivity contribution >= 4 is 11.9 Å². The van der Waals surface area contributed by atoms with E-state index in [0.717, 1.165) is 15.8 Å². The average molecular weight is 202 g/mol. The summed E-state index contributed by atoms with van der Waals surface area (Å²) < 4.78 is 1.01. The van der Waals surface area contributed by atoms with E-state index in [-0.39, 0.29) is 0 Å². The van der Waals surface area contributed by atoms with Gasteiger partial charge in [0.05, 0.1) is 5.70 Å². The lowest BCUT2D eigenvalue weighted by Gasteiger charge is -2.19. The summed E-state index contributed by atoms with van der Waals surface area (Å²) in [6.45, 7) is 2.07. The van der Waals surface area contributed by atoms with Crippen LogP contribution in [-0.4, -0.2) is 21.9 Å². The van der Waals surface area contributed by atoms with E-state index < -0.39 is 0 Å². The SMILES string of the molecule is CC1C=C(NO)C(SN(C)O)=CC1. The number of hydroxylamine groups is 2. The van der Waals surface area contributed by atoms with Gasteiger partial charge in [0.2, 0.25) is 0 Å². The molecule has 0 aromatic carbocycles. The summed E-state index contributed by atoms with van der Waals surface area (Å²) in [5.41, 5.74) is 2.78. The third-order valence-corrected chi connectivity index (χ3v) is 2.59. The fourth-order valence-corrected chi connectivity index (χ4v) is 1.83. The molecule has 3 N–H and O–H groups in total. The van der Waals surface area contributed by atoms with Crippen molar-refractivity contribution in [2.45, 2.75) is 13.3 Å². The van der Waals surface area contributed by atoms with Gasteiger partial charge in [0.25, 0.3) is 0 Å². The molecule has 1 aliphatic carbocycles. The Kier molecular flexibility index (Phi) is 3.80. The van der Waals surface area contributed by atoms with E-state index in [9.17, 15) is 0 Å². The summed E-state index contributed by atoms with van der Waals surface area (Å²) in [5.74, 6) is 0.419. The predicted molar refractivity (Wildman–Crippen MR) is 52.0 cm³/mol. The monoisotopic (exact) mass is 202 g/mol. The van der Waals surface area contributed by atoms with Crippen molar-refractivity contribution in [2.75, 3.05) is 7.05 Å². The first-order chi connectivity index (χ1) is 6.13. The molecule has 0 aromatic heterocycles. The molecule has 1 aliphatic rings. The van der Waals surface area contributed by atoms with Crippen LogP contribution in [0.15, 0.2) is 22.8 Å². The van der Waals surface area contributed by atoms with Crippen LogP contribution in [0.3, 0.4) is 0 Å². The van der Waals surface area contributed by atoms with E-state index >= 15 is 0 Å². The summed E-state index contributed by atoms with van der Waals surface area (Å²) in [5, 5.41) is 17.8. The molecule has 0 bridgehead atoms. The number of rotatable bonds is 3. The lowest BCUT2D eigenvalue weighted by Crippen LogP contribution is -2.15. The molecule has 0 radical (unpaired) electrons. The van der Waals surface area contributed by atoms with Gasteiger partial charge in [-0.2, -0.15) is 0 Å².